The maximum Gasteiger partial charge on any atom is 0.306 e. The predicted octanol–water partition coefficient (Wildman–Crippen LogP) is 1.03. The van der Waals surface area contributed by atoms with Crippen LogP contribution in [-0.2, 0) is 14.8 Å². The summed E-state index contributed by atoms with van der Waals surface area (Å²) in [6.07, 6.45) is 0. The molecule has 0 bridgehead atoms. The topological polar surface area (TPSA) is 74.7 Å². The molecule has 6 heteroatoms. The lowest BCUT2D eigenvalue weighted by Gasteiger charge is -2.39. The molecule has 1 atom stereocenters. The minimum atomic E-state index is -3.45. The van der Waals surface area contributed by atoms with Crippen molar-refractivity contribution in [1.29, 1.82) is 0 Å². The Labute approximate surface area is 106 Å². The molecule has 1 aromatic rings. The van der Waals surface area contributed by atoms with E-state index < -0.39 is 21.9 Å². The molecule has 0 aliphatic carbocycles. The third kappa shape index (κ3) is 2.26. The second kappa shape index (κ2) is 4.70. The minimum Gasteiger partial charge on any atom is -0.481 e. The Kier molecular flexibility index (Phi) is 3.41. The summed E-state index contributed by atoms with van der Waals surface area (Å²) in [5, 5.41) is 8.86. The molecule has 1 aliphatic rings. The maximum absolute atomic E-state index is 12.1. The number of aliphatic carboxylic acids is 1. The number of hydrogen-bond acceptors (Lipinski definition) is 3. The zero-order valence-electron chi connectivity index (χ0n) is 9.98. The van der Waals surface area contributed by atoms with E-state index in [9.17, 15) is 13.2 Å². The van der Waals surface area contributed by atoms with Crippen molar-refractivity contribution in [2.75, 3.05) is 13.1 Å². The number of hydrogen-bond donors (Lipinski definition) is 1. The Morgan fingerprint density at radius 1 is 1.33 bits per heavy atom. The van der Waals surface area contributed by atoms with Crippen molar-refractivity contribution in [3.05, 3.63) is 30.3 Å². The minimum absolute atomic E-state index is 0.0963. The first-order valence-corrected chi connectivity index (χ1v) is 7.15. The van der Waals surface area contributed by atoms with Crippen molar-refractivity contribution in [1.82, 2.24) is 4.31 Å². The molecule has 0 amide bonds. The molecule has 0 radical (unpaired) electrons. The van der Waals surface area contributed by atoms with Crippen LogP contribution in [0.2, 0.25) is 0 Å². The van der Waals surface area contributed by atoms with E-state index in [4.69, 9.17) is 5.11 Å². The second-order valence-corrected chi connectivity index (χ2v) is 6.46. The average Bonchev–Trinajstić information content (AvgIpc) is 2.27. The summed E-state index contributed by atoms with van der Waals surface area (Å²) in [6.45, 7) is 2.18. The molecule has 18 heavy (non-hydrogen) atoms. The lowest BCUT2D eigenvalue weighted by molar-refractivity contribution is -0.144. The molecule has 1 fully saturated rings. The average molecular weight is 269 g/mol. The molecular weight excluding hydrogens is 254 g/mol. The molecule has 0 saturated carbocycles. The highest BCUT2D eigenvalue weighted by Gasteiger charge is 2.41. The molecule has 0 spiro atoms. The molecule has 0 aromatic heterocycles. The van der Waals surface area contributed by atoms with Gasteiger partial charge in [0.25, 0.3) is 0 Å². The number of carboxylic acids is 1. The third-order valence-corrected chi connectivity index (χ3v) is 5.20. The molecule has 1 aromatic carbocycles. The van der Waals surface area contributed by atoms with Crippen LogP contribution in [0.3, 0.4) is 0 Å². The molecule has 1 N–H and O–H groups in total. The number of rotatable bonds is 4. The maximum atomic E-state index is 12.1. The molecule has 1 unspecified atom stereocenters. The van der Waals surface area contributed by atoms with Crippen LogP contribution in [0.15, 0.2) is 35.2 Å². The van der Waals surface area contributed by atoms with E-state index in [2.05, 4.69) is 0 Å². The second-order valence-electron chi connectivity index (χ2n) is 4.52. The van der Waals surface area contributed by atoms with Gasteiger partial charge in [-0.2, -0.15) is 4.31 Å². The zero-order chi connectivity index (χ0) is 13.3. The van der Waals surface area contributed by atoms with E-state index in [0.29, 0.717) is 0 Å². The van der Waals surface area contributed by atoms with Crippen molar-refractivity contribution >= 4 is 16.0 Å². The van der Waals surface area contributed by atoms with Crippen molar-refractivity contribution in [2.45, 2.75) is 11.8 Å². The van der Waals surface area contributed by atoms with Gasteiger partial charge in [-0.1, -0.05) is 25.1 Å². The van der Waals surface area contributed by atoms with Gasteiger partial charge < -0.3 is 5.11 Å². The van der Waals surface area contributed by atoms with Crippen molar-refractivity contribution in [3.63, 3.8) is 0 Å². The quantitative estimate of drug-likeness (QED) is 0.885. The number of carbonyl (C=O) groups is 1. The number of benzene rings is 1. The van der Waals surface area contributed by atoms with E-state index in [1.54, 1.807) is 37.3 Å². The highest BCUT2D eigenvalue weighted by atomic mass is 32.2. The monoisotopic (exact) mass is 269 g/mol. The first kappa shape index (κ1) is 13.0. The first-order chi connectivity index (χ1) is 8.43. The molecule has 1 heterocycles. The number of sulfonamides is 1. The van der Waals surface area contributed by atoms with E-state index in [1.165, 1.54) is 4.31 Å². The normalized spacial score (nSPS) is 19.2. The number of nitrogens with zero attached hydrogens (tertiary/aromatic N) is 1. The van der Waals surface area contributed by atoms with E-state index in [-0.39, 0.29) is 23.9 Å². The molecule has 98 valence electrons. The fourth-order valence-electron chi connectivity index (χ4n) is 1.93. The lowest BCUT2D eigenvalue weighted by Crippen LogP contribution is -2.53. The van der Waals surface area contributed by atoms with Crippen LogP contribution in [0.25, 0.3) is 0 Å². The Bertz CT molecular complexity index is 534. The summed E-state index contributed by atoms with van der Waals surface area (Å²) >= 11 is 0. The Morgan fingerprint density at radius 3 is 2.39 bits per heavy atom. The summed E-state index contributed by atoms with van der Waals surface area (Å²) < 4.78 is 25.6. The largest absolute Gasteiger partial charge is 0.481 e. The molecule has 2 rings (SSSR count). The van der Waals surface area contributed by atoms with Crippen molar-refractivity contribution < 1.29 is 18.3 Å². The van der Waals surface area contributed by atoms with Gasteiger partial charge in [-0.25, -0.2) is 8.42 Å². The summed E-state index contributed by atoms with van der Waals surface area (Å²) in [5.41, 5.74) is 0. The van der Waals surface area contributed by atoms with Crippen LogP contribution >= 0.6 is 0 Å². The molecule has 1 saturated heterocycles. The van der Waals surface area contributed by atoms with Gasteiger partial charge in [-0.05, 0) is 18.1 Å². The fraction of sp³-hybridized carbons (Fsp3) is 0.417. The van der Waals surface area contributed by atoms with Gasteiger partial charge in [0, 0.05) is 13.1 Å². The Balaban J connectivity index is 2.06. The van der Waals surface area contributed by atoms with Gasteiger partial charge in [0.15, 0.2) is 0 Å². The van der Waals surface area contributed by atoms with E-state index >= 15 is 0 Å². The standard InChI is InChI=1S/C12H15NO4S/c1-9(12(14)15)10-7-13(8-10)18(16,17)11-5-3-2-4-6-11/h2-6,9-10H,7-8H2,1H3,(H,14,15). The van der Waals surface area contributed by atoms with Crippen LogP contribution < -0.4 is 0 Å². The highest BCUT2D eigenvalue weighted by Crippen LogP contribution is 2.29. The van der Waals surface area contributed by atoms with Crippen LogP contribution in [-0.4, -0.2) is 36.9 Å². The summed E-state index contributed by atoms with van der Waals surface area (Å²) in [5.74, 6) is -1.48. The van der Waals surface area contributed by atoms with Gasteiger partial charge in [0.2, 0.25) is 10.0 Å². The molecule has 1 aliphatic heterocycles. The summed E-state index contributed by atoms with van der Waals surface area (Å²) in [4.78, 5) is 11.0. The zero-order valence-corrected chi connectivity index (χ0v) is 10.8. The smallest absolute Gasteiger partial charge is 0.306 e. The SMILES string of the molecule is CC(C(=O)O)C1CN(S(=O)(=O)c2ccccc2)C1. The number of carboxylic acid groups (broad SMARTS) is 1. The predicted molar refractivity (Wildman–Crippen MR) is 65.5 cm³/mol. The van der Waals surface area contributed by atoms with Crippen LogP contribution in [0.4, 0.5) is 0 Å². The first-order valence-electron chi connectivity index (χ1n) is 5.71. The van der Waals surface area contributed by atoms with Gasteiger partial charge in [0.1, 0.15) is 0 Å². The van der Waals surface area contributed by atoms with Crippen LogP contribution in [0.1, 0.15) is 6.92 Å². The molecular formula is C12H15NO4S. The Hall–Kier alpha value is -1.40. The van der Waals surface area contributed by atoms with Gasteiger partial charge in [0.05, 0.1) is 10.8 Å². The summed E-state index contributed by atoms with van der Waals surface area (Å²) in [7, 11) is -3.45. The van der Waals surface area contributed by atoms with Crippen LogP contribution in [0, 0.1) is 11.8 Å². The van der Waals surface area contributed by atoms with Crippen molar-refractivity contribution in [3.8, 4) is 0 Å². The third-order valence-electron chi connectivity index (χ3n) is 3.35. The van der Waals surface area contributed by atoms with Gasteiger partial charge in [-0.3, -0.25) is 4.79 Å². The van der Waals surface area contributed by atoms with E-state index in [1.807, 2.05) is 0 Å². The van der Waals surface area contributed by atoms with Crippen molar-refractivity contribution in [2.24, 2.45) is 11.8 Å². The van der Waals surface area contributed by atoms with Gasteiger partial charge in [-0.15, -0.1) is 0 Å². The van der Waals surface area contributed by atoms with E-state index in [0.717, 1.165) is 0 Å². The summed E-state index contributed by atoms with van der Waals surface area (Å²) in [6, 6.07) is 8.19. The van der Waals surface area contributed by atoms with Crippen LogP contribution in [0.5, 0.6) is 0 Å². The van der Waals surface area contributed by atoms with Gasteiger partial charge >= 0.3 is 5.97 Å². The lowest BCUT2D eigenvalue weighted by atomic mass is 9.89. The molecule has 5 nitrogen and oxygen atoms in total. The Morgan fingerprint density at radius 2 is 1.89 bits per heavy atom. The fourth-order valence-corrected chi connectivity index (χ4v) is 3.50. The highest BCUT2D eigenvalue weighted by molar-refractivity contribution is 7.89.